The maximum atomic E-state index is 13.1. The van der Waals surface area contributed by atoms with E-state index in [0.29, 0.717) is 5.39 Å². The summed E-state index contributed by atoms with van der Waals surface area (Å²) >= 11 is 0. The van der Waals surface area contributed by atoms with Crippen LogP contribution in [0.3, 0.4) is 0 Å². The zero-order valence-electron chi connectivity index (χ0n) is 15.2. The van der Waals surface area contributed by atoms with Crippen molar-refractivity contribution in [2.45, 2.75) is 13.0 Å². The standard InChI is InChI=1S/C19H17F4N3O3/c1-26-10-13(15(25-26)17(20)21)18(27)24-14-7-6-11-4-2-3-5-12(11)16(14)28-8-9-29-19(22)23/h2-7,10,17,19H,8-9H2,1H3,(H,24,27). The third-order valence-electron chi connectivity index (χ3n) is 4.01. The van der Waals surface area contributed by atoms with Gasteiger partial charge in [-0.15, -0.1) is 0 Å². The minimum Gasteiger partial charge on any atom is -0.488 e. The lowest BCUT2D eigenvalue weighted by atomic mass is 10.1. The average molecular weight is 411 g/mol. The highest BCUT2D eigenvalue weighted by molar-refractivity contribution is 6.07. The molecule has 0 atom stereocenters. The number of fused-ring (bicyclic) bond motifs is 1. The summed E-state index contributed by atoms with van der Waals surface area (Å²) in [5.74, 6) is -0.575. The Kier molecular flexibility index (Phi) is 6.32. The lowest BCUT2D eigenvalue weighted by molar-refractivity contribution is -0.133. The SMILES string of the molecule is Cn1cc(C(=O)Nc2ccc3ccccc3c2OCCOC(F)F)c(C(F)F)n1. The largest absolute Gasteiger partial charge is 0.488 e. The fraction of sp³-hybridized carbons (Fsp3) is 0.263. The summed E-state index contributed by atoms with van der Waals surface area (Å²) in [5.41, 5.74) is -0.712. The first kappa shape index (κ1) is 20.6. The second-order valence-electron chi connectivity index (χ2n) is 6.00. The van der Waals surface area contributed by atoms with Crippen molar-refractivity contribution in [2.75, 3.05) is 18.5 Å². The first-order valence-corrected chi connectivity index (χ1v) is 8.54. The van der Waals surface area contributed by atoms with Crippen LogP contribution in [0.15, 0.2) is 42.6 Å². The molecule has 0 saturated heterocycles. The van der Waals surface area contributed by atoms with E-state index in [4.69, 9.17) is 4.74 Å². The number of carbonyl (C=O) groups excluding carboxylic acids is 1. The maximum Gasteiger partial charge on any atom is 0.345 e. The quantitative estimate of drug-likeness (QED) is 0.441. The van der Waals surface area contributed by atoms with Crippen molar-refractivity contribution in [3.63, 3.8) is 0 Å². The number of nitrogens with zero attached hydrogens (tertiary/aromatic N) is 2. The highest BCUT2D eigenvalue weighted by Gasteiger charge is 2.23. The van der Waals surface area contributed by atoms with Crippen LogP contribution >= 0.6 is 0 Å². The molecule has 0 aliphatic rings. The molecule has 0 unspecified atom stereocenters. The number of benzene rings is 2. The molecule has 1 heterocycles. The third kappa shape index (κ3) is 4.83. The second kappa shape index (κ2) is 8.91. The molecule has 1 aromatic heterocycles. The first-order valence-electron chi connectivity index (χ1n) is 8.54. The van der Waals surface area contributed by atoms with Crippen LogP contribution in [0.4, 0.5) is 23.2 Å². The van der Waals surface area contributed by atoms with E-state index in [-0.39, 0.29) is 30.2 Å². The van der Waals surface area contributed by atoms with Crippen LogP contribution in [-0.4, -0.2) is 35.5 Å². The molecule has 0 aliphatic heterocycles. The molecule has 154 valence electrons. The Balaban J connectivity index is 1.90. The minimum absolute atomic E-state index is 0.198. The van der Waals surface area contributed by atoms with Gasteiger partial charge >= 0.3 is 6.61 Å². The molecular weight excluding hydrogens is 394 g/mol. The number of anilines is 1. The summed E-state index contributed by atoms with van der Waals surface area (Å²) in [5, 5.41) is 7.54. The van der Waals surface area contributed by atoms with E-state index < -0.39 is 24.6 Å². The van der Waals surface area contributed by atoms with Gasteiger partial charge in [0.15, 0.2) is 5.75 Å². The fourth-order valence-corrected chi connectivity index (χ4v) is 2.81. The van der Waals surface area contributed by atoms with Gasteiger partial charge in [0.2, 0.25) is 0 Å². The van der Waals surface area contributed by atoms with Crippen LogP contribution in [0.2, 0.25) is 0 Å². The zero-order chi connectivity index (χ0) is 21.0. The smallest absolute Gasteiger partial charge is 0.345 e. The molecule has 0 radical (unpaired) electrons. The van der Waals surface area contributed by atoms with Crippen molar-refractivity contribution in [3.8, 4) is 5.75 Å². The Morgan fingerprint density at radius 1 is 1.14 bits per heavy atom. The highest BCUT2D eigenvalue weighted by atomic mass is 19.3. The van der Waals surface area contributed by atoms with Crippen LogP contribution in [0.1, 0.15) is 22.5 Å². The van der Waals surface area contributed by atoms with E-state index >= 15 is 0 Å². The van der Waals surface area contributed by atoms with Gasteiger partial charge in [-0.3, -0.25) is 9.48 Å². The lowest BCUT2D eigenvalue weighted by Crippen LogP contribution is -2.16. The molecular formula is C19H17F4N3O3. The van der Waals surface area contributed by atoms with E-state index in [2.05, 4.69) is 15.2 Å². The molecule has 1 N–H and O–H groups in total. The van der Waals surface area contributed by atoms with Crippen molar-refractivity contribution in [3.05, 3.63) is 53.9 Å². The van der Waals surface area contributed by atoms with Gasteiger partial charge in [0.25, 0.3) is 12.3 Å². The number of carbonyl (C=O) groups is 1. The van der Waals surface area contributed by atoms with Gasteiger partial charge in [0, 0.05) is 18.6 Å². The van der Waals surface area contributed by atoms with Gasteiger partial charge < -0.3 is 14.8 Å². The molecule has 1 amide bonds. The second-order valence-corrected chi connectivity index (χ2v) is 6.00. The molecule has 0 bridgehead atoms. The van der Waals surface area contributed by atoms with Crippen molar-refractivity contribution in [1.29, 1.82) is 0 Å². The molecule has 0 saturated carbocycles. The molecule has 3 aromatic rings. The van der Waals surface area contributed by atoms with Gasteiger partial charge in [-0.25, -0.2) is 8.78 Å². The number of hydrogen-bond acceptors (Lipinski definition) is 4. The van der Waals surface area contributed by atoms with E-state index in [9.17, 15) is 22.4 Å². The van der Waals surface area contributed by atoms with Gasteiger partial charge in [-0.2, -0.15) is 13.9 Å². The van der Waals surface area contributed by atoms with Crippen molar-refractivity contribution in [1.82, 2.24) is 9.78 Å². The van der Waals surface area contributed by atoms with Gasteiger partial charge in [-0.05, 0) is 11.5 Å². The molecule has 0 spiro atoms. The number of aromatic nitrogens is 2. The predicted molar refractivity (Wildman–Crippen MR) is 97.5 cm³/mol. The molecule has 10 heteroatoms. The molecule has 0 fully saturated rings. The Hall–Kier alpha value is -3.14. The van der Waals surface area contributed by atoms with Gasteiger partial charge in [-0.1, -0.05) is 30.3 Å². The number of hydrogen-bond donors (Lipinski definition) is 1. The Bertz CT molecular complexity index is 1010. The number of alkyl halides is 4. The Morgan fingerprint density at radius 3 is 2.62 bits per heavy atom. The number of aryl methyl sites for hydroxylation is 1. The Labute approximate surface area is 163 Å². The molecule has 3 rings (SSSR count). The van der Waals surface area contributed by atoms with Crippen LogP contribution < -0.4 is 10.1 Å². The van der Waals surface area contributed by atoms with Gasteiger partial charge in [0.05, 0.1) is 17.9 Å². The monoisotopic (exact) mass is 411 g/mol. The number of amides is 1. The minimum atomic E-state index is -2.93. The fourth-order valence-electron chi connectivity index (χ4n) is 2.81. The summed E-state index contributed by atoms with van der Waals surface area (Å²) in [4.78, 5) is 12.6. The van der Waals surface area contributed by atoms with Crippen LogP contribution in [0, 0.1) is 0 Å². The van der Waals surface area contributed by atoms with Crippen LogP contribution in [0.5, 0.6) is 5.75 Å². The number of nitrogens with one attached hydrogen (secondary N) is 1. The summed E-state index contributed by atoms with van der Waals surface area (Å²) in [6.07, 6.45) is -1.73. The summed E-state index contributed by atoms with van der Waals surface area (Å²) in [7, 11) is 1.43. The molecule has 2 aromatic carbocycles. The predicted octanol–water partition coefficient (Wildman–Crippen LogP) is 4.38. The maximum absolute atomic E-state index is 13.1. The average Bonchev–Trinajstić information content (AvgIpc) is 3.08. The van der Waals surface area contributed by atoms with E-state index in [1.165, 1.54) is 13.2 Å². The van der Waals surface area contributed by atoms with Gasteiger partial charge in [0.1, 0.15) is 12.3 Å². The Morgan fingerprint density at radius 2 is 1.90 bits per heavy atom. The molecule has 29 heavy (non-hydrogen) atoms. The van der Waals surface area contributed by atoms with E-state index in [1.54, 1.807) is 36.4 Å². The number of halogens is 4. The lowest BCUT2D eigenvalue weighted by Gasteiger charge is -2.15. The summed E-state index contributed by atoms with van der Waals surface area (Å²) in [6, 6.07) is 10.3. The van der Waals surface area contributed by atoms with Crippen LogP contribution in [0.25, 0.3) is 10.8 Å². The topological polar surface area (TPSA) is 65.4 Å². The van der Waals surface area contributed by atoms with Crippen LogP contribution in [-0.2, 0) is 11.8 Å². The van der Waals surface area contributed by atoms with Crippen molar-refractivity contribution < 1.29 is 31.8 Å². The normalized spacial score (nSPS) is 11.4. The summed E-state index contributed by atoms with van der Waals surface area (Å²) in [6.45, 7) is -3.49. The molecule has 0 aliphatic carbocycles. The number of rotatable bonds is 8. The zero-order valence-corrected chi connectivity index (χ0v) is 15.2. The van der Waals surface area contributed by atoms with Crippen molar-refractivity contribution in [2.24, 2.45) is 7.05 Å². The van der Waals surface area contributed by atoms with Crippen molar-refractivity contribution >= 4 is 22.4 Å². The number of ether oxygens (including phenoxy) is 2. The highest BCUT2D eigenvalue weighted by Crippen LogP contribution is 2.34. The molecule has 6 nitrogen and oxygen atoms in total. The van der Waals surface area contributed by atoms with E-state index in [1.807, 2.05) is 0 Å². The third-order valence-corrected chi connectivity index (χ3v) is 4.01. The summed E-state index contributed by atoms with van der Waals surface area (Å²) < 4.78 is 61.5. The first-order chi connectivity index (χ1) is 13.9. The van der Waals surface area contributed by atoms with E-state index in [0.717, 1.165) is 10.1 Å².